The molecule has 0 unspecified atom stereocenters. The van der Waals surface area contributed by atoms with Gasteiger partial charge in [-0.2, -0.15) is 0 Å². The van der Waals surface area contributed by atoms with Crippen LogP contribution < -0.4 is 0 Å². The Morgan fingerprint density at radius 2 is 1.69 bits per heavy atom. The molecule has 0 bridgehead atoms. The minimum Gasteiger partial charge on any atom is -0.464 e. The lowest BCUT2D eigenvalue weighted by molar-refractivity contribution is 0.279. The summed E-state index contributed by atoms with van der Waals surface area (Å²) in [6.07, 6.45) is 1.56. The van der Waals surface area contributed by atoms with Gasteiger partial charge in [-0.15, -0.1) is 0 Å². The first-order valence-corrected chi connectivity index (χ1v) is 4.06. The average Bonchev–Trinajstić information content (AvgIpc) is 2.64. The van der Waals surface area contributed by atoms with Crippen molar-refractivity contribution >= 4 is 11.0 Å². The number of fused-ring (bicyclic) bond motifs is 1. The fourth-order valence-corrected chi connectivity index (χ4v) is 1.44. The Morgan fingerprint density at radius 3 is 2.38 bits per heavy atom. The van der Waals surface area contributed by atoms with Gasteiger partial charge in [-0.3, -0.25) is 0 Å². The van der Waals surface area contributed by atoms with E-state index in [-0.39, 0.29) is 13.2 Å². The Kier molecular flexibility index (Phi) is 2.04. The molecule has 3 nitrogen and oxygen atoms in total. The number of hydrogen-bond acceptors (Lipinski definition) is 3. The Balaban J connectivity index is 2.74. The van der Waals surface area contributed by atoms with Crippen LogP contribution in [-0.4, -0.2) is 10.2 Å². The van der Waals surface area contributed by atoms with Crippen LogP contribution in [0.25, 0.3) is 11.0 Å². The van der Waals surface area contributed by atoms with E-state index < -0.39 is 0 Å². The second-order valence-electron chi connectivity index (χ2n) is 2.86. The molecule has 3 heteroatoms. The molecule has 2 aromatic rings. The maximum absolute atomic E-state index is 9.01. The first kappa shape index (κ1) is 8.29. The van der Waals surface area contributed by atoms with Crippen molar-refractivity contribution < 1.29 is 14.6 Å². The molecule has 0 aliphatic heterocycles. The van der Waals surface area contributed by atoms with Crippen LogP contribution in [0.5, 0.6) is 0 Å². The summed E-state index contributed by atoms with van der Waals surface area (Å²) in [5.74, 6) is 0. The van der Waals surface area contributed by atoms with Crippen molar-refractivity contribution in [2.45, 2.75) is 13.2 Å². The first-order valence-electron chi connectivity index (χ1n) is 4.06. The van der Waals surface area contributed by atoms with E-state index in [1.54, 1.807) is 24.5 Å². The summed E-state index contributed by atoms with van der Waals surface area (Å²) in [6.45, 7) is -0.0581. The molecular formula is C10H10O3. The Labute approximate surface area is 75.2 Å². The molecule has 0 spiro atoms. The van der Waals surface area contributed by atoms with Gasteiger partial charge < -0.3 is 14.6 Å². The molecule has 0 fully saturated rings. The molecule has 0 aliphatic rings. The van der Waals surface area contributed by atoms with Crippen molar-refractivity contribution in [1.29, 1.82) is 0 Å². The number of rotatable bonds is 2. The zero-order valence-electron chi connectivity index (χ0n) is 7.03. The summed E-state index contributed by atoms with van der Waals surface area (Å²) in [6, 6.07) is 5.35. The standard InChI is InChI=1S/C10H10O3/c11-5-7-1-2-8(6-12)10-9(7)3-4-13-10/h1-4,11-12H,5-6H2. The van der Waals surface area contributed by atoms with Gasteiger partial charge in [0.2, 0.25) is 0 Å². The van der Waals surface area contributed by atoms with Crippen molar-refractivity contribution in [2.24, 2.45) is 0 Å². The largest absolute Gasteiger partial charge is 0.464 e. The smallest absolute Gasteiger partial charge is 0.139 e. The molecule has 0 saturated heterocycles. The van der Waals surface area contributed by atoms with Gasteiger partial charge in [0.25, 0.3) is 0 Å². The summed E-state index contributed by atoms with van der Waals surface area (Å²) in [5.41, 5.74) is 2.23. The quantitative estimate of drug-likeness (QED) is 0.731. The lowest BCUT2D eigenvalue weighted by atomic mass is 10.1. The molecule has 13 heavy (non-hydrogen) atoms. The maximum atomic E-state index is 9.01. The van der Waals surface area contributed by atoms with Gasteiger partial charge in [-0.1, -0.05) is 12.1 Å². The predicted octanol–water partition coefficient (Wildman–Crippen LogP) is 1.42. The van der Waals surface area contributed by atoms with Gasteiger partial charge in [0.05, 0.1) is 19.5 Å². The fraction of sp³-hybridized carbons (Fsp3) is 0.200. The Morgan fingerprint density at radius 1 is 1.00 bits per heavy atom. The molecule has 0 saturated carbocycles. The summed E-state index contributed by atoms with van der Waals surface area (Å²) < 4.78 is 5.21. The number of aliphatic hydroxyl groups excluding tert-OH is 2. The third-order valence-corrected chi connectivity index (χ3v) is 2.13. The van der Waals surface area contributed by atoms with Gasteiger partial charge in [-0.25, -0.2) is 0 Å². The van der Waals surface area contributed by atoms with Crippen LogP contribution in [-0.2, 0) is 13.2 Å². The highest BCUT2D eigenvalue weighted by Gasteiger charge is 2.06. The van der Waals surface area contributed by atoms with E-state index >= 15 is 0 Å². The predicted molar refractivity (Wildman–Crippen MR) is 48.1 cm³/mol. The number of aliphatic hydroxyl groups is 2. The topological polar surface area (TPSA) is 53.6 Å². The molecular weight excluding hydrogens is 168 g/mol. The highest BCUT2D eigenvalue weighted by atomic mass is 16.3. The molecule has 2 N–H and O–H groups in total. The molecule has 2 rings (SSSR count). The van der Waals surface area contributed by atoms with Gasteiger partial charge in [-0.05, 0) is 11.6 Å². The summed E-state index contributed by atoms with van der Waals surface area (Å²) >= 11 is 0. The van der Waals surface area contributed by atoms with E-state index in [2.05, 4.69) is 0 Å². The van der Waals surface area contributed by atoms with E-state index in [4.69, 9.17) is 14.6 Å². The van der Waals surface area contributed by atoms with Crippen LogP contribution in [0.1, 0.15) is 11.1 Å². The third-order valence-electron chi connectivity index (χ3n) is 2.13. The van der Waals surface area contributed by atoms with Crippen molar-refractivity contribution in [1.82, 2.24) is 0 Å². The average molecular weight is 178 g/mol. The highest BCUT2D eigenvalue weighted by molar-refractivity contribution is 5.83. The van der Waals surface area contributed by atoms with E-state index in [1.807, 2.05) is 0 Å². The first-order chi connectivity index (χ1) is 6.36. The van der Waals surface area contributed by atoms with Crippen LogP contribution in [0.15, 0.2) is 28.9 Å². The van der Waals surface area contributed by atoms with Crippen LogP contribution in [0, 0.1) is 0 Å². The van der Waals surface area contributed by atoms with Crippen LogP contribution >= 0.6 is 0 Å². The van der Waals surface area contributed by atoms with Gasteiger partial charge in [0.15, 0.2) is 0 Å². The molecule has 0 aliphatic carbocycles. The summed E-state index contributed by atoms with van der Waals surface area (Å²) in [4.78, 5) is 0. The number of benzene rings is 1. The highest BCUT2D eigenvalue weighted by Crippen LogP contribution is 2.24. The zero-order chi connectivity index (χ0) is 9.26. The maximum Gasteiger partial charge on any atom is 0.139 e. The number of furan rings is 1. The van der Waals surface area contributed by atoms with Crippen LogP contribution in [0.4, 0.5) is 0 Å². The van der Waals surface area contributed by atoms with Gasteiger partial charge >= 0.3 is 0 Å². The monoisotopic (exact) mass is 178 g/mol. The molecule has 68 valence electrons. The van der Waals surface area contributed by atoms with Crippen LogP contribution in [0.3, 0.4) is 0 Å². The van der Waals surface area contributed by atoms with E-state index in [1.165, 1.54) is 0 Å². The normalized spacial score (nSPS) is 10.9. The molecule has 1 heterocycles. The number of hydrogen-bond donors (Lipinski definition) is 2. The lowest BCUT2D eigenvalue weighted by Crippen LogP contribution is -1.88. The third kappa shape index (κ3) is 1.22. The van der Waals surface area contributed by atoms with E-state index in [0.29, 0.717) is 5.58 Å². The van der Waals surface area contributed by atoms with Crippen molar-refractivity contribution in [3.05, 3.63) is 35.6 Å². The van der Waals surface area contributed by atoms with E-state index in [0.717, 1.165) is 16.5 Å². The van der Waals surface area contributed by atoms with E-state index in [9.17, 15) is 0 Å². The SMILES string of the molecule is OCc1ccc(CO)c2occc12. The Bertz CT molecular complexity index is 379. The second kappa shape index (κ2) is 3.20. The molecule has 1 aromatic heterocycles. The van der Waals surface area contributed by atoms with Gasteiger partial charge in [0, 0.05) is 10.9 Å². The Hall–Kier alpha value is -1.32. The zero-order valence-corrected chi connectivity index (χ0v) is 7.03. The molecule has 1 aromatic carbocycles. The summed E-state index contributed by atoms with van der Waals surface area (Å²) in [5, 5.41) is 18.9. The van der Waals surface area contributed by atoms with Crippen molar-refractivity contribution in [3.63, 3.8) is 0 Å². The second-order valence-corrected chi connectivity index (χ2v) is 2.86. The van der Waals surface area contributed by atoms with Crippen molar-refractivity contribution in [3.8, 4) is 0 Å². The molecule has 0 amide bonds. The van der Waals surface area contributed by atoms with Gasteiger partial charge in [0.1, 0.15) is 5.58 Å². The lowest BCUT2D eigenvalue weighted by Gasteiger charge is -2.01. The molecule has 0 radical (unpaired) electrons. The fourth-order valence-electron chi connectivity index (χ4n) is 1.44. The summed E-state index contributed by atoms with van der Waals surface area (Å²) in [7, 11) is 0. The van der Waals surface area contributed by atoms with Crippen LogP contribution in [0.2, 0.25) is 0 Å². The minimum absolute atomic E-state index is 0.0122. The van der Waals surface area contributed by atoms with Crippen molar-refractivity contribution in [2.75, 3.05) is 0 Å². The molecule has 0 atom stereocenters. The minimum atomic E-state index is -0.0459.